The van der Waals surface area contributed by atoms with Crippen molar-refractivity contribution in [2.45, 2.75) is 9.79 Å². The Balaban J connectivity index is 2.19. The third-order valence-electron chi connectivity index (χ3n) is 3.25. The second-order valence-electron chi connectivity index (χ2n) is 4.31. The Bertz CT molecular complexity index is 628. The first-order valence-electron chi connectivity index (χ1n) is 6.01. The number of hydrogen-bond acceptors (Lipinski definition) is 4. The van der Waals surface area contributed by atoms with Crippen LogP contribution in [0.5, 0.6) is 11.5 Å². The van der Waals surface area contributed by atoms with Crippen LogP contribution in [0.2, 0.25) is 0 Å². The molecule has 2 aromatic rings. The average molecular weight is 273 g/mol. The van der Waals surface area contributed by atoms with Gasteiger partial charge in [-0.15, -0.1) is 0 Å². The maximum absolute atomic E-state index is 5.51. The van der Waals surface area contributed by atoms with E-state index in [-0.39, 0.29) is 0 Å². The van der Waals surface area contributed by atoms with E-state index in [1.54, 1.807) is 26.0 Å². The lowest BCUT2D eigenvalue weighted by Gasteiger charge is -2.31. The van der Waals surface area contributed by atoms with Gasteiger partial charge in [0.05, 0.1) is 25.6 Å². The van der Waals surface area contributed by atoms with Crippen LogP contribution in [0.25, 0.3) is 0 Å². The first-order chi connectivity index (χ1) is 9.24. The first-order valence-corrected chi connectivity index (χ1v) is 6.83. The van der Waals surface area contributed by atoms with E-state index in [0.29, 0.717) is 0 Å². The zero-order chi connectivity index (χ0) is 13.4. The summed E-state index contributed by atoms with van der Waals surface area (Å²) in [5.41, 5.74) is 2.29. The van der Waals surface area contributed by atoms with Crippen molar-refractivity contribution >= 4 is 23.1 Å². The molecule has 1 aliphatic rings. The fourth-order valence-corrected chi connectivity index (χ4v) is 3.50. The molecule has 98 valence electrons. The summed E-state index contributed by atoms with van der Waals surface area (Å²) < 4.78 is 10.8. The van der Waals surface area contributed by atoms with Gasteiger partial charge in [0.15, 0.2) is 0 Å². The maximum Gasteiger partial charge on any atom is 0.147 e. The first kappa shape index (κ1) is 12.2. The SMILES string of the molecule is COc1cc(OC)c2c(c1)Sc1ccccc1N2C. The molecule has 0 unspecified atom stereocenters. The Morgan fingerprint density at radius 2 is 1.79 bits per heavy atom. The Kier molecular flexibility index (Phi) is 3.03. The molecule has 0 N–H and O–H groups in total. The molecular formula is C15H15NO2S. The number of ether oxygens (including phenoxy) is 2. The van der Waals surface area contributed by atoms with Gasteiger partial charge in [-0.1, -0.05) is 23.9 Å². The maximum atomic E-state index is 5.51. The zero-order valence-corrected chi connectivity index (χ0v) is 12.0. The smallest absolute Gasteiger partial charge is 0.147 e. The van der Waals surface area contributed by atoms with Crippen molar-refractivity contribution in [3.63, 3.8) is 0 Å². The van der Waals surface area contributed by atoms with Gasteiger partial charge in [-0.25, -0.2) is 0 Å². The predicted octanol–water partition coefficient (Wildman–Crippen LogP) is 3.94. The van der Waals surface area contributed by atoms with E-state index >= 15 is 0 Å². The molecule has 0 amide bonds. The van der Waals surface area contributed by atoms with Gasteiger partial charge in [0.1, 0.15) is 11.5 Å². The molecular weight excluding hydrogens is 258 g/mol. The number of anilines is 2. The molecule has 0 bridgehead atoms. The molecule has 0 aliphatic carbocycles. The van der Waals surface area contributed by atoms with E-state index < -0.39 is 0 Å². The van der Waals surface area contributed by atoms with E-state index in [0.717, 1.165) is 22.1 Å². The van der Waals surface area contributed by atoms with Crippen LogP contribution in [-0.4, -0.2) is 21.3 Å². The van der Waals surface area contributed by atoms with E-state index in [1.807, 2.05) is 6.07 Å². The molecule has 1 aliphatic heterocycles. The molecule has 0 saturated carbocycles. The van der Waals surface area contributed by atoms with Gasteiger partial charge < -0.3 is 14.4 Å². The van der Waals surface area contributed by atoms with Gasteiger partial charge in [0.25, 0.3) is 0 Å². The molecule has 1 heterocycles. The quantitative estimate of drug-likeness (QED) is 0.826. The molecule has 0 aromatic heterocycles. The molecule has 0 saturated heterocycles. The average Bonchev–Trinajstić information content (AvgIpc) is 2.46. The molecule has 3 nitrogen and oxygen atoms in total. The summed E-state index contributed by atoms with van der Waals surface area (Å²) in [6.45, 7) is 0. The summed E-state index contributed by atoms with van der Waals surface area (Å²) >= 11 is 1.74. The standard InChI is InChI=1S/C15H15NO2S/c1-16-11-6-4-5-7-13(11)19-14-9-10(17-2)8-12(18-3)15(14)16/h4-9H,1-3H3. The lowest BCUT2D eigenvalue weighted by atomic mass is 10.2. The topological polar surface area (TPSA) is 21.7 Å². The fraction of sp³-hybridized carbons (Fsp3) is 0.200. The van der Waals surface area contributed by atoms with Crippen LogP contribution in [0.3, 0.4) is 0 Å². The molecule has 4 heteroatoms. The lowest BCUT2D eigenvalue weighted by molar-refractivity contribution is 0.393. The molecule has 0 atom stereocenters. The number of fused-ring (bicyclic) bond motifs is 2. The zero-order valence-electron chi connectivity index (χ0n) is 11.1. The van der Waals surface area contributed by atoms with Gasteiger partial charge in [-0.2, -0.15) is 0 Å². The van der Waals surface area contributed by atoms with Crippen molar-refractivity contribution < 1.29 is 9.47 Å². The third-order valence-corrected chi connectivity index (χ3v) is 4.35. The van der Waals surface area contributed by atoms with E-state index in [2.05, 4.69) is 42.3 Å². The number of rotatable bonds is 2. The Hall–Kier alpha value is -1.81. The van der Waals surface area contributed by atoms with Crippen LogP contribution in [0.4, 0.5) is 11.4 Å². The highest BCUT2D eigenvalue weighted by Gasteiger charge is 2.24. The third kappa shape index (κ3) is 1.92. The summed E-state index contributed by atoms with van der Waals surface area (Å²) in [4.78, 5) is 4.56. The number of para-hydroxylation sites is 1. The molecule has 3 rings (SSSR count). The van der Waals surface area contributed by atoms with Crippen molar-refractivity contribution in [2.75, 3.05) is 26.2 Å². The summed E-state index contributed by atoms with van der Waals surface area (Å²) in [5, 5.41) is 0. The summed E-state index contributed by atoms with van der Waals surface area (Å²) in [6.07, 6.45) is 0. The monoisotopic (exact) mass is 273 g/mol. The van der Waals surface area contributed by atoms with Gasteiger partial charge in [0, 0.05) is 22.9 Å². The van der Waals surface area contributed by atoms with Crippen molar-refractivity contribution in [2.24, 2.45) is 0 Å². The minimum absolute atomic E-state index is 0.816. The van der Waals surface area contributed by atoms with Crippen LogP contribution in [0, 0.1) is 0 Å². The van der Waals surface area contributed by atoms with Gasteiger partial charge >= 0.3 is 0 Å². The minimum Gasteiger partial charge on any atom is -0.497 e. The summed E-state index contributed by atoms with van der Waals surface area (Å²) in [5.74, 6) is 1.65. The summed E-state index contributed by atoms with van der Waals surface area (Å²) in [7, 11) is 5.42. The van der Waals surface area contributed by atoms with Crippen LogP contribution in [-0.2, 0) is 0 Å². The van der Waals surface area contributed by atoms with Gasteiger partial charge in [-0.05, 0) is 18.2 Å². The number of benzene rings is 2. The van der Waals surface area contributed by atoms with Crippen molar-refractivity contribution in [3.8, 4) is 11.5 Å². The number of nitrogens with zero attached hydrogens (tertiary/aromatic N) is 1. The normalized spacial score (nSPS) is 12.7. The minimum atomic E-state index is 0.816. The molecule has 0 spiro atoms. The molecule has 2 aromatic carbocycles. The Morgan fingerprint density at radius 3 is 2.53 bits per heavy atom. The fourth-order valence-electron chi connectivity index (χ4n) is 2.30. The Morgan fingerprint density at radius 1 is 1.00 bits per heavy atom. The number of methoxy groups -OCH3 is 2. The molecule has 19 heavy (non-hydrogen) atoms. The van der Waals surface area contributed by atoms with Crippen LogP contribution in [0.15, 0.2) is 46.2 Å². The van der Waals surface area contributed by atoms with Crippen molar-refractivity contribution in [3.05, 3.63) is 36.4 Å². The van der Waals surface area contributed by atoms with Crippen LogP contribution < -0.4 is 14.4 Å². The predicted molar refractivity (Wildman–Crippen MR) is 78.2 cm³/mol. The summed E-state index contributed by atoms with van der Waals surface area (Å²) in [6, 6.07) is 12.3. The van der Waals surface area contributed by atoms with Crippen molar-refractivity contribution in [1.29, 1.82) is 0 Å². The molecule has 0 fully saturated rings. The van der Waals surface area contributed by atoms with Crippen molar-refractivity contribution in [1.82, 2.24) is 0 Å². The Labute approximate surface area is 117 Å². The van der Waals surface area contributed by atoms with E-state index in [1.165, 1.54) is 10.6 Å². The largest absolute Gasteiger partial charge is 0.497 e. The van der Waals surface area contributed by atoms with Gasteiger partial charge in [0.2, 0.25) is 0 Å². The molecule has 0 radical (unpaired) electrons. The van der Waals surface area contributed by atoms with Crippen LogP contribution >= 0.6 is 11.8 Å². The van der Waals surface area contributed by atoms with Gasteiger partial charge in [-0.3, -0.25) is 0 Å². The van der Waals surface area contributed by atoms with E-state index in [4.69, 9.17) is 9.47 Å². The van der Waals surface area contributed by atoms with Crippen LogP contribution in [0.1, 0.15) is 0 Å². The van der Waals surface area contributed by atoms with E-state index in [9.17, 15) is 0 Å². The highest BCUT2D eigenvalue weighted by molar-refractivity contribution is 7.99. The highest BCUT2D eigenvalue weighted by atomic mass is 32.2. The lowest BCUT2D eigenvalue weighted by Crippen LogP contribution is -2.15. The second-order valence-corrected chi connectivity index (χ2v) is 5.39. The highest BCUT2D eigenvalue weighted by Crippen LogP contribution is 2.52. The number of hydrogen-bond donors (Lipinski definition) is 0. The second kappa shape index (κ2) is 4.70.